The number of sulfonamides is 1. The Labute approximate surface area is 147 Å². The number of hydrogen-bond acceptors (Lipinski definition) is 6. The fraction of sp³-hybridized carbons (Fsp3) is 0.500. The quantitative estimate of drug-likeness (QED) is 0.630. The molecule has 0 aliphatic heterocycles. The van der Waals surface area contributed by atoms with Crippen molar-refractivity contribution in [2.24, 2.45) is 11.7 Å². The molecule has 0 saturated heterocycles. The second-order valence-electron chi connectivity index (χ2n) is 6.04. The predicted octanol–water partition coefficient (Wildman–Crippen LogP) is 0.594. The number of nitrogens with one attached hydrogen (secondary N) is 2. The van der Waals surface area contributed by atoms with E-state index in [1.807, 2.05) is 0 Å². The van der Waals surface area contributed by atoms with E-state index in [0.717, 1.165) is 19.3 Å². The fourth-order valence-corrected chi connectivity index (χ4v) is 3.77. The largest absolute Gasteiger partial charge is 0.468 e. The first-order valence-electron chi connectivity index (χ1n) is 8.05. The van der Waals surface area contributed by atoms with Gasteiger partial charge in [0.2, 0.25) is 15.9 Å². The summed E-state index contributed by atoms with van der Waals surface area (Å²) in [5.74, 6) is -1.02. The van der Waals surface area contributed by atoms with Crippen LogP contribution in [-0.2, 0) is 24.3 Å². The van der Waals surface area contributed by atoms with Crippen LogP contribution in [0.4, 0.5) is 5.69 Å². The van der Waals surface area contributed by atoms with E-state index in [0.29, 0.717) is 12.1 Å². The van der Waals surface area contributed by atoms with E-state index in [9.17, 15) is 18.0 Å². The first-order valence-corrected chi connectivity index (χ1v) is 9.53. The summed E-state index contributed by atoms with van der Waals surface area (Å²) >= 11 is 0. The molecule has 1 aliphatic rings. The van der Waals surface area contributed by atoms with Gasteiger partial charge < -0.3 is 15.8 Å². The van der Waals surface area contributed by atoms with Gasteiger partial charge in [-0.1, -0.05) is 12.5 Å². The summed E-state index contributed by atoms with van der Waals surface area (Å²) in [6.07, 6.45) is 3.23. The number of amides is 1. The number of rotatable bonds is 6. The second kappa shape index (κ2) is 8.41. The van der Waals surface area contributed by atoms with Crippen LogP contribution < -0.4 is 15.8 Å². The molecule has 9 heteroatoms. The molecule has 0 spiro atoms. The van der Waals surface area contributed by atoms with Gasteiger partial charge in [-0.3, -0.25) is 9.59 Å². The highest BCUT2D eigenvalue weighted by molar-refractivity contribution is 7.89. The van der Waals surface area contributed by atoms with E-state index in [1.165, 1.54) is 25.3 Å². The van der Waals surface area contributed by atoms with E-state index >= 15 is 0 Å². The van der Waals surface area contributed by atoms with Crippen molar-refractivity contribution in [1.29, 1.82) is 0 Å². The minimum atomic E-state index is -3.88. The Morgan fingerprint density at radius 1 is 1.32 bits per heavy atom. The minimum absolute atomic E-state index is 0.0266. The third-order valence-electron chi connectivity index (χ3n) is 4.13. The number of anilines is 1. The topological polar surface area (TPSA) is 128 Å². The van der Waals surface area contributed by atoms with Gasteiger partial charge in [0.15, 0.2) is 0 Å². The van der Waals surface area contributed by atoms with Crippen LogP contribution >= 0.6 is 0 Å². The summed E-state index contributed by atoms with van der Waals surface area (Å²) < 4.78 is 30.9. The summed E-state index contributed by atoms with van der Waals surface area (Å²) in [4.78, 5) is 23.4. The van der Waals surface area contributed by atoms with Crippen molar-refractivity contribution in [3.8, 4) is 0 Å². The smallest absolute Gasteiger partial charge is 0.320 e. The maximum absolute atomic E-state index is 12.3. The Hall–Kier alpha value is -1.97. The third kappa shape index (κ3) is 5.52. The van der Waals surface area contributed by atoms with Gasteiger partial charge in [-0.25, -0.2) is 8.42 Å². The summed E-state index contributed by atoms with van der Waals surface area (Å²) in [5, 5.41) is 2.74. The van der Waals surface area contributed by atoms with Crippen LogP contribution in [0, 0.1) is 5.92 Å². The van der Waals surface area contributed by atoms with E-state index in [2.05, 4.69) is 14.8 Å². The van der Waals surface area contributed by atoms with Gasteiger partial charge in [0.1, 0.15) is 6.54 Å². The van der Waals surface area contributed by atoms with Crippen molar-refractivity contribution in [2.45, 2.75) is 36.6 Å². The standard InChI is InChI=1S/C16H23N3O5S/c1-24-15(20)10-18-25(22,23)14-7-3-6-13(9-14)19-16(21)11-4-2-5-12(17)8-11/h3,6-7,9,11-12,18H,2,4-5,8,10,17H2,1H3,(H,19,21). The Bertz CT molecular complexity index is 735. The number of benzene rings is 1. The highest BCUT2D eigenvalue weighted by Crippen LogP contribution is 2.25. The summed E-state index contributed by atoms with van der Waals surface area (Å²) in [5.41, 5.74) is 6.28. The molecule has 1 amide bonds. The molecule has 8 nitrogen and oxygen atoms in total. The van der Waals surface area contributed by atoms with Gasteiger partial charge in [0, 0.05) is 17.6 Å². The predicted molar refractivity (Wildman–Crippen MR) is 92.2 cm³/mol. The SMILES string of the molecule is COC(=O)CNS(=O)(=O)c1cccc(NC(=O)C2CCCC(N)C2)c1. The van der Waals surface area contributed by atoms with Gasteiger partial charge in [0.05, 0.1) is 12.0 Å². The average Bonchev–Trinajstić information content (AvgIpc) is 2.60. The van der Waals surface area contributed by atoms with Crippen LogP contribution in [0.15, 0.2) is 29.2 Å². The Balaban J connectivity index is 2.05. The first-order chi connectivity index (χ1) is 11.8. The third-order valence-corrected chi connectivity index (χ3v) is 5.53. The maximum atomic E-state index is 12.3. The zero-order valence-electron chi connectivity index (χ0n) is 14.0. The molecular formula is C16H23N3O5S. The molecule has 0 radical (unpaired) electrons. The van der Waals surface area contributed by atoms with Gasteiger partial charge in [-0.05, 0) is 37.5 Å². The van der Waals surface area contributed by atoms with Gasteiger partial charge in [-0.2, -0.15) is 4.72 Å². The van der Waals surface area contributed by atoms with Crippen molar-refractivity contribution < 1.29 is 22.7 Å². The van der Waals surface area contributed by atoms with Crippen molar-refractivity contribution in [1.82, 2.24) is 4.72 Å². The van der Waals surface area contributed by atoms with Gasteiger partial charge in [-0.15, -0.1) is 0 Å². The fourth-order valence-electron chi connectivity index (χ4n) is 2.76. The van der Waals surface area contributed by atoms with E-state index in [1.54, 1.807) is 6.07 Å². The molecule has 1 aromatic carbocycles. The number of ether oxygens (including phenoxy) is 1. The molecular weight excluding hydrogens is 346 g/mol. The number of carbonyl (C=O) groups is 2. The number of carbonyl (C=O) groups excluding carboxylic acids is 2. The van der Waals surface area contributed by atoms with Crippen LogP contribution in [-0.4, -0.2) is 40.0 Å². The second-order valence-corrected chi connectivity index (χ2v) is 7.81. The van der Waals surface area contributed by atoms with Crippen LogP contribution in [0.25, 0.3) is 0 Å². The van der Waals surface area contributed by atoms with Crippen LogP contribution in [0.5, 0.6) is 0 Å². The molecule has 2 rings (SSSR count). The molecule has 0 bridgehead atoms. The van der Waals surface area contributed by atoms with E-state index in [4.69, 9.17) is 5.73 Å². The van der Waals surface area contributed by atoms with Crippen molar-refractivity contribution >= 4 is 27.6 Å². The molecule has 1 fully saturated rings. The maximum Gasteiger partial charge on any atom is 0.320 e. The van der Waals surface area contributed by atoms with Crippen LogP contribution in [0.2, 0.25) is 0 Å². The first kappa shape index (κ1) is 19.4. The van der Waals surface area contributed by atoms with Crippen molar-refractivity contribution in [2.75, 3.05) is 19.0 Å². The lowest BCUT2D eigenvalue weighted by molar-refractivity contribution is -0.139. The molecule has 1 aliphatic carbocycles. The number of hydrogen-bond donors (Lipinski definition) is 3. The van der Waals surface area contributed by atoms with E-state index in [-0.39, 0.29) is 22.8 Å². The Kier molecular flexibility index (Phi) is 6.51. The summed E-state index contributed by atoms with van der Waals surface area (Å²) in [7, 11) is -2.71. The van der Waals surface area contributed by atoms with Crippen molar-refractivity contribution in [3.63, 3.8) is 0 Å². The highest BCUT2D eigenvalue weighted by Gasteiger charge is 2.25. The average molecular weight is 369 g/mol. The highest BCUT2D eigenvalue weighted by atomic mass is 32.2. The molecule has 4 N–H and O–H groups in total. The molecule has 2 atom stereocenters. The van der Waals surface area contributed by atoms with Gasteiger partial charge >= 0.3 is 5.97 Å². The normalized spacial score (nSPS) is 20.7. The monoisotopic (exact) mass is 369 g/mol. The van der Waals surface area contributed by atoms with Crippen LogP contribution in [0.1, 0.15) is 25.7 Å². The number of nitrogens with two attached hydrogens (primary N) is 1. The summed E-state index contributed by atoms with van der Waals surface area (Å²) in [6, 6.07) is 5.89. The summed E-state index contributed by atoms with van der Waals surface area (Å²) in [6.45, 7) is -0.463. The van der Waals surface area contributed by atoms with E-state index < -0.39 is 22.5 Å². The molecule has 25 heavy (non-hydrogen) atoms. The molecule has 0 heterocycles. The Morgan fingerprint density at radius 3 is 2.76 bits per heavy atom. The zero-order valence-corrected chi connectivity index (χ0v) is 14.8. The number of esters is 1. The minimum Gasteiger partial charge on any atom is -0.468 e. The molecule has 0 aromatic heterocycles. The molecule has 1 saturated carbocycles. The Morgan fingerprint density at radius 2 is 2.08 bits per heavy atom. The van der Waals surface area contributed by atoms with Crippen LogP contribution in [0.3, 0.4) is 0 Å². The molecule has 2 unspecified atom stereocenters. The lowest BCUT2D eigenvalue weighted by atomic mass is 9.85. The zero-order chi connectivity index (χ0) is 18.4. The van der Waals surface area contributed by atoms with Gasteiger partial charge in [0.25, 0.3) is 0 Å². The molecule has 1 aromatic rings. The lowest BCUT2D eigenvalue weighted by Crippen LogP contribution is -2.34. The molecule has 138 valence electrons. The van der Waals surface area contributed by atoms with Crippen molar-refractivity contribution in [3.05, 3.63) is 24.3 Å². The number of methoxy groups -OCH3 is 1. The lowest BCUT2D eigenvalue weighted by Gasteiger charge is -2.25.